The van der Waals surface area contributed by atoms with E-state index in [1.165, 1.54) is 0 Å². The van der Waals surface area contributed by atoms with Crippen LogP contribution in [0.4, 0.5) is 10.6 Å². The van der Waals surface area contributed by atoms with E-state index < -0.39 is 17.2 Å². The smallest absolute Gasteiger partial charge is 0.413 e. The number of aromatic nitrogens is 1. The van der Waals surface area contributed by atoms with E-state index in [-0.39, 0.29) is 0 Å². The van der Waals surface area contributed by atoms with E-state index >= 15 is 0 Å². The summed E-state index contributed by atoms with van der Waals surface area (Å²) in [6.07, 6.45) is 1.01. The summed E-state index contributed by atoms with van der Waals surface area (Å²) in [5.74, 6) is 0.378. The first kappa shape index (κ1) is 15.0. The maximum atomic E-state index is 11.6. The molecule has 1 aromatic rings. The molecule has 0 bridgehead atoms. The molecule has 1 N–H and O–H groups in total. The minimum atomic E-state index is -0.646. The molecule has 0 spiro atoms. The minimum absolute atomic E-state index is 0.378. The van der Waals surface area contributed by atoms with Gasteiger partial charge in [-0.2, -0.15) is 0 Å². The molecule has 0 unspecified atom stereocenters. The van der Waals surface area contributed by atoms with Gasteiger partial charge in [-0.05, 0) is 32.9 Å². The second kappa shape index (κ2) is 5.27. The summed E-state index contributed by atoms with van der Waals surface area (Å²) in [4.78, 5) is 19.2. The average molecular weight is 261 g/mol. The molecule has 0 aromatic carbocycles. The van der Waals surface area contributed by atoms with Gasteiger partial charge in [-0.15, -0.1) is 0 Å². The first-order valence-corrected chi connectivity index (χ1v) is 5.99. The lowest BCUT2D eigenvalue weighted by atomic mass is 9.96. The number of carbonyl (C=O) groups is 1. The van der Waals surface area contributed by atoms with Gasteiger partial charge in [-0.1, -0.05) is 0 Å². The number of amides is 1. The quantitative estimate of drug-likeness (QED) is 0.828. The Morgan fingerprint density at radius 1 is 1.37 bits per heavy atom. The molecule has 0 aliphatic carbocycles. The summed E-state index contributed by atoms with van der Waals surface area (Å²) in [6, 6.07) is 3.44. The number of hydrogen-bond acceptors (Lipinski definition) is 3. The average Bonchev–Trinajstić information content (AvgIpc) is 2.26. The van der Waals surface area contributed by atoms with Crippen LogP contribution in [-0.2, 0) is 10.3 Å². The number of carbonyl (C=O) groups excluding carboxylic acids is 1. The Morgan fingerprint density at radius 3 is 2.53 bits per heavy atom. The van der Waals surface area contributed by atoms with E-state index in [4.69, 9.17) is 11.3 Å². The highest BCUT2D eigenvalue weighted by Gasteiger charge is 2.26. The van der Waals surface area contributed by atoms with Crippen LogP contribution >= 0.6 is 0 Å². The van der Waals surface area contributed by atoms with E-state index in [1.54, 1.807) is 39.1 Å². The summed E-state index contributed by atoms with van der Waals surface area (Å²) in [7, 11) is 0. The summed E-state index contributed by atoms with van der Waals surface area (Å²) in [5.41, 5.74) is -0.409. The van der Waals surface area contributed by atoms with Crippen molar-refractivity contribution in [3.05, 3.63) is 35.3 Å². The zero-order valence-electron chi connectivity index (χ0n) is 11.9. The molecule has 0 fully saturated rings. The maximum Gasteiger partial charge on any atom is 0.413 e. The molecule has 0 aliphatic heterocycles. The maximum absolute atomic E-state index is 11.6. The molecule has 1 heterocycles. The Labute approximate surface area is 113 Å². The number of pyridine rings is 1. The number of anilines is 1. The van der Waals surface area contributed by atoms with Crippen molar-refractivity contribution in [1.82, 2.24) is 4.98 Å². The van der Waals surface area contributed by atoms with Gasteiger partial charge >= 0.3 is 6.09 Å². The Hall–Kier alpha value is -2.09. The van der Waals surface area contributed by atoms with Gasteiger partial charge in [-0.3, -0.25) is 5.32 Å². The highest BCUT2D eigenvalue weighted by molar-refractivity contribution is 5.83. The van der Waals surface area contributed by atoms with Crippen molar-refractivity contribution in [1.29, 1.82) is 0 Å². The normalized spacial score (nSPS) is 11.6. The fraction of sp³-hybridized carbons (Fsp3) is 0.500. The van der Waals surface area contributed by atoms with Crippen LogP contribution in [0.5, 0.6) is 0 Å². The zero-order valence-corrected chi connectivity index (χ0v) is 11.9. The van der Waals surface area contributed by atoms with Crippen LogP contribution in [0.3, 0.4) is 0 Å². The van der Waals surface area contributed by atoms with Crippen LogP contribution in [0, 0.1) is 6.57 Å². The molecule has 0 aliphatic rings. The van der Waals surface area contributed by atoms with Crippen molar-refractivity contribution >= 4 is 11.9 Å². The third kappa shape index (κ3) is 4.59. The second-order valence-electron chi connectivity index (χ2n) is 5.73. The molecule has 0 saturated carbocycles. The van der Waals surface area contributed by atoms with Crippen molar-refractivity contribution in [3.8, 4) is 0 Å². The third-order valence-electron chi connectivity index (χ3n) is 2.37. The predicted molar refractivity (Wildman–Crippen MR) is 73.7 cm³/mol. The molecular weight excluding hydrogens is 242 g/mol. The van der Waals surface area contributed by atoms with Crippen LogP contribution < -0.4 is 5.32 Å². The number of rotatable bonds is 2. The number of nitrogens with zero attached hydrogens (tertiary/aromatic N) is 2. The summed E-state index contributed by atoms with van der Waals surface area (Å²) >= 11 is 0. The van der Waals surface area contributed by atoms with Gasteiger partial charge in [0, 0.05) is 25.6 Å². The van der Waals surface area contributed by atoms with Crippen LogP contribution in [0.1, 0.15) is 40.2 Å². The van der Waals surface area contributed by atoms with Crippen molar-refractivity contribution in [2.75, 3.05) is 5.32 Å². The molecule has 1 rings (SSSR count). The zero-order chi connectivity index (χ0) is 14.7. The number of nitrogens with one attached hydrogen (secondary N) is 1. The van der Waals surface area contributed by atoms with Crippen molar-refractivity contribution in [2.24, 2.45) is 0 Å². The molecule has 5 nitrogen and oxygen atoms in total. The molecule has 1 aromatic heterocycles. The highest BCUT2D eigenvalue weighted by Crippen LogP contribution is 2.25. The van der Waals surface area contributed by atoms with Crippen molar-refractivity contribution < 1.29 is 9.53 Å². The van der Waals surface area contributed by atoms with Crippen LogP contribution in [-0.4, -0.2) is 16.7 Å². The summed E-state index contributed by atoms with van der Waals surface area (Å²) in [5, 5.41) is 2.56. The van der Waals surface area contributed by atoms with Gasteiger partial charge in [-0.25, -0.2) is 16.4 Å². The molecule has 0 saturated heterocycles. The lowest BCUT2D eigenvalue weighted by molar-refractivity contribution is 0.0635. The van der Waals surface area contributed by atoms with Crippen LogP contribution in [0.2, 0.25) is 0 Å². The molecular formula is C14H19N3O2. The van der Waals surface area contributed by atoms with E-state index in [1.807, 2.05) is 13.8 Å². The molecule has 1 amide bonds. The lowest BCUT2D eigenvalue weighted by Crippen LogP contribution is -2.27. The Morgan fingerprint density at radius 2 is 2.00 bits per heavy atom. The summed E-state index contributed by atoms with van der Waals surface area (Å²) < 4.78 is 5.14. The molecule has 5 heteroatoms. The molecule has 0 radical (unpaired) electrons. The Bertz CT molecular complexity index is 510. The van der Waals surface area contributed by atoms with E-state index in [0.29, 0.717) is 5.82 Å². The van der Waals surface area contributed by atoms with Gasteiger partial charge in [0.25, 0.3) is 5.54 Å². The number of ether oxygens (including phenoxy) is 1. The standard InChI is InChI=1S/C14H19N3O2/c1-13(2,3)19-12(18)17-11-9-10(7-8-16-11)14(4,5)15-6/h7-9H,1-5H3,(H,16,17,18). The Balaban J connectivity index is 2.85. The monoisotopic (exact) mass is 261 g/mol. The fourth-order valence-corrected chi connectivity index (χ4v) is 1.35. The first-order chi connectivity index (χ1) is 8.64. The van der Waals surface area contributed by atoms with E-state index in [2.05, 4.69) is 15.1 Å². The first-order valence-electron chi connectivity index (χ1n) is 5.99. The minimum Gasteiger partial charge on any atom is -0.444 e. The van der Waals surface area contributed by atoms with E-state index in [9.17, 15) is 4.79 Å². The van der Waals surface area contributed by atoms with E-state index in [0.717, 1.165) is 5.56 Å². The van der Waals surface area contributed by atoms with Gasteiger partial charge in [0.15, 0.2) is 0 Å². The third-order valence-corrected chi connectivity index (χ3v) is 2.37. The van der Waals surface area contributed by atoms with Gasteiger partial charge in [0.2, 0.25) is 0 Å². The van der Waals surface area contributed by atoms with Gasteiger partial charge in [0.1, 0.15) is 11.4 Å². The van der Waals surface area contributed by atoms with Gasteiger partial charge < -0.3 is 9.58 Å². The Kier molecular flexibility index (Phi) is 4.15. The lowest BCUT2D eigenvalue weighted by Gasteiger charge is -2.19. The van der Waals surface area contributed by atoms with Crippen LogP contribution in [0.25, 0.3) is 4.85 Å². The fourth-order valence-electron chi connectivity index (χ4n) is 1.35. The topological polar surface area (TPSA) is 55.6 Å². The SMILES string of the molecule is [C-]#[N+]C(C)(C)c1ccnc(NC(=O)OC(C)(C)C)c1. The molecule has 0 atom stereocenters. The van der Waals surface area contributed by atoms with Crippen LogP contribution in [0.15, 0.2) is 18.3 Å². The predicted octanol–water partition coefficient (Wildman–Crippen LogP) is 3.58. The highest BCUT2D eigenvalue weighted by atomic mass is 16.6. The number of hydrogen-bond donors (Lipinski definition) is 1. The second-order valence-corrected chi connectivity index (χ2v) is 5.73. The molecule has 102 valence electrons. The summed E-state index contributed by atoms with van der Waals surface area (Å²) in [6.45, 7) is 16.2. The van der Waals surface area contributed by atoms with Gasteiger partial charge in [0.05, 0.1) is 0 Å². The largest absolute Gasteiger partial charge is 0.444 e. The van der Waals surface area contributed by atoms with Crippen molar-refractivity contribution in [2.45, 2.75) is 45.8 Å². The van der Waals surface area contributed by atoms with Crippen molar-refractivity contribution in [3.63, 3.8) is 0 Å². The molecule has 19 heavy (non-hydrogen) atoms.